The molecule has 2 N–H and O–H groups in total. The molecule has 0 amide bonds. The van der Waals surface area contributed by atoms with E-state index in [1.54, 1.807) is 6.07 Å². The fraction of sp³-hybridized carbons (Fsp3) is 0.625. The second-order valence-corrected chi connectivity index (χ2v) is 5.77. The summed E-state index contributed by atoms with van der Waals surface area (Å²) in [6.07, 6.45) is 0. The highest BCUT2D eigenvalue weighted by molar-refractivity contribution is 5.23. The van der Waals surface area contributed by atoms with Crippen molar-refractivity contribution >= 4 is 0 Å². The zero-order valence-corrected chi connectivity index (χ0v) is 13.3. The van der Waals surface area contributed by atoms with E-state index in [2.05, 4.69) is 23.6 Å². The molecule has 0 heterocycles. The highest BCUT2D eigenvalue weighted by Crippen LogP contribution is 2.27. The Balaban J connectivity index is 3.08. The van der Waals surface area contributed by atoms with Crippen LogP contribution in [0.15, 0.2) is 24.3 Å². The van der Waals surface area contributed by atoms with Crippen molar-refractivity contribution in [3.8, 4) is 0 Å². The Bertz CT molecular complexity index is 406. The summed E-state index contributed by atoms with van der Waals surface area (Å²) in [4.78, 5) is 4.43. The number of nitrogens with zero attached hydrogens (tertiary/aromatic N) is 2. The van der Waals surface area contributed by atoms with Crippen LogP contribution in [0, 0.1) is 5.82 Å². The molecule has 3 unspecified atom stereocenters. The quantitative estimate of drug-likeness (QED) is 0.833. The number of hydrogen-bond donors (Lipinski definition) is 1. The van der Waals surface area contributed by atoms with E-state index in [0.29, 0.717) is 11.6 Å². The molecule has 1 rings (SSSR count). The molecule has 0 bridgehead atoms. The van der Waals surface area contributed by atoms with Crippen LogP contribution >= 0.6 is 0 Å². The van der Waals surface area contributed by atoms with Crippen LogP contribution in [-0.2, 0) is 0 Å². The molecule has 114 valence electrons. The Labute approximate surface area is 122 Å². The van der Waals surface area contributed by atoms with E-state index >= 15 is 0 Å². The van der Waals surface area contributed by atoms with E-state index in [0.717, 1.165) is 13.1 Å². The van der Waals surface area contributed by atoms with Gasteiger partial charge in [-0.3, -0.25) is 4.90 Å². The van der Waals surface area contributed by atoms with Crippen LogP contribution in [0.4, 0.5) is 4.39 Å². The Morgan fingerprint density at radius 2 is 1.80 bits per heavy atom. The zero-order valence-electron chi connectivity index (χ0n) is 13.3. The van der Waals surface area contributed by atoms with Crippen LogP contribution in [0.1, 0.15) is 32.4 Å². The first-order valence-electron chi connectivity index (χ1n) is 7.29. The van der Waals surface area contributed by atoms with Gasteiger partial charge in [0.15, 0.2) is 0 Å². The average Bonchev–Trinajstić information content (AvgIpc) is 2.35. The molecule has 0 aromatic heterocycles. The van der Waals surface area contributed by atoms with Crippen LogP contribution in [0.2, 0.25) is 0 Å². The van der Waals surface area contributed by atoms with Crippen LogP contribution in [0.25, 0.3) is 0 Å². The number of hydrogen-bond acceptors (Lipinski definition) is 3. The van der Waals surface area contributed by atoms with E-state index < -0.39 is 0 Å². The summed E-state index contributed by atoms with van der Waals surface area (Å²) in [6, 6.07) is 7.02. The molecule has 0 fully saturated rings. The van der Waals surface area contributed by atoms with Crippen LogP contribution in [0.5, 0.6) is 0 Å². The number of benzene rings is 1. The monoisotopic (exact) mass is 281 g/mol. The van der Waals surface area contributed by atoms with Crippen molar-refractivity contribution in [2.24, 2.45) is 5.73 Å². The Morgan fingerprint density at radius 3 is 2.25 bits per heavy atom. The van der Waals surface area contributed by atoms with Gasteiger partial charge in [0.1, 0.15) is 5.82 Å². The normalized spacial score (nSPS) is 16.4. The van der Waals surface area contributed by atoms with Gasteiger partial charge in [-0.25, -0.2) is 4.39 Å². The van der Waals surface area contributed by atoms with Crippen molar-refractivity contribution in [1.29, 1.82) is 0 Å². The Hall–Kier alpha value is -0.970. The summed E-state index contributed by atoms with van der Waals surface area (Å²) >= 11 is 0. The molecule has 4 heteroatoms. The maximum absolute atomic E-state index is 14.1. The minimum absolute atomic E-state index is 0.101. The molecule has 0 radical (unpaired) electrons. The first-order valence-corrected chi connectivity index (χ1v) is 7.29. The maximum atomic E-state index is 14.1. The van der Waals surface area contributed by atoms with Crippen molar-refractivity contribution in [1.82, 2.24) is 9.80 Å². The van der Waals surface area contributed by atoms with Gasteiger partial charge in [-0.05, 0) is 40.6 Å². The molecule has 0 saturated heterocycles. The maximum Gasteiger partial charge on any atom is 0.128 e. The third-order valence-corrected chi connectivity index (χ3v) is 3.64. The van der Waals surface area contributed by atoms with Crippen molar-refractivity contribution < 1.29 is 4.39 Å². The molecule has 0 spiro atoms. The lowest BCUT2D eigenvalue weighted by atomic mass is 9.97. The molecular formula is C16H28FN3. The van der Waals surface area contributed by atoms with Crippen LogP contribution in [-0.4, -0.2) is 49.1 Å². The molecule has 1 aromatic carbocycles. The van der Waals surface area contributed by atoms with E-state index in [1.165, 1.54) is 6.07 Å². The predicted molar refractivity (Wildman–Crippen MR) is 83.2 cm³/mol. The summed E-state index contributed by atoms with van der Waals surface area (Å²) in [5.74, 6) is -0.176. The van der Waals surface area contributed by atoms with Crippen molar-refractivity contribution in [2.75, 3.05) is 27.2 Å². The third-order valence-electron chi connectivity index (χ3n) is 3.64. The molecule has 3 atom stereocenters. The fourth-order valence-corrected chi connectivity index (χ4v) is 2.89. The van der Waals surface area contributed by atoms with Gasteiger partial charge >= 0.3 is 0 Å². The van der Waals surface area contributed by atoms with Gasteiger partial charge in [0.2, 0.25) is 0 Å². The lowest BCUT2D eigenvalue weighted by Crippen LogP contribution is -2.47. The van der Waals surface area contributed by atoms with Gasteiger partial charge in [-0.15, -0.1) is 0 Å². The van der Waals surface area contributed by atoms with E-state index in [-0.39, 0.29) is 17.9 Å². The standard InChI is InChI=1S/C16H28FN3/c1-6-20(12(2)11-19(4)5)16(13(3)18)14-9-7-8-10-15(14)17/h7-10,12-13,16H,6,11,18H2,1-5H3. The molecular weight excluding hydrogens is 253 g/mol. The summed E-state index contributed by atoms with van der Waals surface area (Å²) < 4.78 is 14.1. The van der Waals surface area contributed by atoms with E-state index in [4.69, 9.17) is 5.73 Å². The van der Waals surface area contributed by atoms with Crippen molar-refractivity contribution in [2.45, 2.75) is 38.9 Å². The first-order chi connectivity index (χ1) is 9.38. The molecule has 1 aromatic rings. The lowest BCUT2D eigenvalue weighted by Gasteiger charge is -2.39. The largest absolute Gasteiger partial charge is 0.326 e. The topological polar surface area (TPSA) is 32.5 Å². The number of halogens is 1. The van der Waals surface area contributed by atoms with E-state index in [1.807, 2.05) is 33.2 Å². The zero-order chi connectivity index (χ0) is 15.3. The third kappa shape index (κ3) is 4.27. The van der Waals surface area contributed by atoms with Crippen molar-refractivity contribution in [3.63, 3.8) is 0 Å². The minimum atomic E-state index is -0.176. The first kappa shape index (κ1) is 17.1. The van der Waals surface area contributed by atoms with Crippen molar-refractivity contribution in [3.05, 3.63) is 35.6 Å². The summed E-state index contributed by atoms with van der Waals surface area (Å²) in [6.45, 7) is 7.98. The van der Waals surface area contributed by atoms with Gasteiger partial charge in [-0.2, -0.15) is 0 Å². The smallest absolute Gasteiger partial charge is 0.128 e. The molecule has 0 aliphatic carbocycles. The molecule has 20 heavy (non-hydrogen) atoms. The predicted octanol–water partition coefficient (Wildman–Crippen LogP) is 2.49. The van der Waals surface area contributed by atoms with Crippen LogP contribution < -0.4 is 5.73 Å². The summed E-state index contributed by atoms with van der Waals surface area (Å²) in [5, 5.41) is 0. The fourth-order valence-electron chi connectivity index (χ4n) is 2.89. The van der Waals surface area contributed by atoms with Gasteiger partial charge < -0.3 is 10.6 Å². The second-order valence-electron chi connectivity index (χ2n) is 5.77. The molecule has 0 aliphatic heterocycles. The van der Waals surface area contributed by atoms with Gasteiger partial charge in [-0.1, -0.05) is 25.1 Å². The van der Waals surface area contributed by atoms with Crippen LogP contribution in [0.3, 0.4) is 0 Å². The highest BCUT2D eigenvalue weighted by Gasteiger charge is 2.28. The number of nitrogens with two attached hydrogens (primary N) is 1. The Morgan fingerprint density at radius 1 is 1.20 bits per heavy atom. The molecule has 3 nitrogen and oxygen atoms in total. The van der Waals surface area contributed by atoms with Gasteiger partial charge in [0.25, 0.3) is 0 Å². The SMILES string of the molecule is CCN(C(C)CN(C)C)C(c1ccccc1F)C(C)N. The number of likely N-dealkylation sites (N-methyl/N-ethyl adjacent to an activating group) is 2. The second kappa shape index (κ2) is 7.72. The van der Waals surface area contributed by atoms with Gasteiger partial charge in [0.05, 0.1) is 6.04 Å². The minimum Gasteiger partial charge on any atom is -0.326 e. The lowest BCUT2D eigenvalue weighted by molar-refractivity contribution is 0.111. The summed E-state index contributed by atoms with van der Waals surface area (Å²) in [5.41, 5.74) is 6.85. The van der Waals surface area contributed by atoms with E-state index in [9.17, 15) is 4.39 Å². The molecule has 0 saturated carbocycles. The number of rotatable bonds is 7. The van der Waals surface area contributed by atoms with Gasteiger partial charge in [0, 0.05) is 24.2 Å². The highest BCUT2D eigenvalue weighted by atomic mass is 19.1. The summed E-state index contributed by atoms with van der Waals surface area (Å²) in [7, 11) is 4.10. The Kier molecular flexibility index (Phi) is 6.59. The molecule has 0 aliphatic rings. The average molecular weight is 281 g/mol.